The minimum Gasteiger partial charge on any atom is -0.497 e. The number of aliphatic hydroxyl groups is 2. The highest BCUT2D eigenvalue weighted by molar-refractivity contribution is 5.72. The Bertz CT molecular complexity index is 3160. The maximum Gasteiger partial charge on any atom is 0.311 e. The Kier molecular flexibility index (Phi) is 24.7. The van der Waals surface area contributed by atoms with Crippen LogP contribution >= 0.6 is 0 Å². The van der Waals surface area contributed by atoms with Crippen molar-refractivity contribution < 1.29 is 65.6 Å². The Hall–Kier alpha value is -8.99. The molecule has 0 amide bonds. The predicted molar refractivity (Wildman–Crippen MR) is 299 cm³/mol. The van der Waals surface area contributed by atoms with Gasteiger partial charge in [-0.15, -0.1) is 5.11 Å². The predicted octanol–water partition coefficient (Wildman–Crippen LogP) is 13.4. The van der Waals surface area contributed by atoms with Crippen LogP contribution in [-0.2, 0) is 21.6 Å². The van der Waals surface area contributed by atoms with E-state index in [0.717, 1.165) is 53.3 Å². The number of unbranched alkanes of at least 4 members (excludes halogenated alkanes) is 1. The van der Waals surface area contributed by atoms with Gasteiger partial charge in [0.1, 0.15) is 29.7 Å². The molecule has 1 unspecified atom stereocenters. The highest BCUT2D eigenvalue weighted by atomic mass is 19.2. The van der Waals surface area contributed by atoms with Crippen molar-refractivity contribution in [3.8, 4) is 23.0 Å². The molecule has 17 nitrogen and oxygen atoms in total. The van der Waals surface area contributed by atoms with Crippen molar-refractivity contribution in [3.63, 3.8) is 0 Å². The fourth-order valence-electron chi connectivity index (χ4n) is 8.70. The van der Waals surface area contributed by atoms with Gasteiger partial charge in [-0.2, -0.15) is 24.1 Å². The van der Waals surface area contributed by atoms with Gasteiger partial charge in [-0.3, -0.25) is 14.9 Å². The van der Waals surface area contributed by atoms with E-state index in [9.17, 15) is 47.1 Å². The lowest BCUT2D eigenvalue weighted by atomic mass is 9.64. The van der Waals surface area contributed by atoms with Crippen molar-refractivity contribution in [3.05, 3.63) is 201 Å². The molecule has 0 radical (unpaired) electrons. The van der Waals surface area contributed by atoms with E-state index in [1.54, 1.807) is 38.5 Å². The van der Waals surface area contributed by atoms with Crippen LogP contribution < -0.4 is 29.2 Å². The Labute approximate surface area is 470 Å². The molecule has 0 heterocycles. The highest BCUT2D eigenvalue weighted by Crippen LogP contribution is 2.44. The SMILES string of the molecule is C=O.CCCCNC(CO)C(c1ccccc1)(c1ccc(OC)cc1)c1ccc(OC)cc1.CCN(CCCC(=O)Oc1c(F)c(F)c(F)c(F)c1F)c1ccc(N=Nc2cc(CO)c(N=Nc3ccc([N+](=O)[O-])cc3)cc2OC)cc1. The first-order chi connectivity index (χ1) is 39.7. The molecule has 0 bridgehead atoms. The maximum absolute atomic E-state index is 13.8. The van der Waals surface area contributed by atoms with Gasteiger partial charge in [-0.25, -0.2) is 13.2 Å². The number of hydrogen-bond donors (Lipinski definition) is 3. The van der Waals surface area contributed by atoms with Gasteiger partial charge in [0, 0.05) is 55.0 Å². The molecule has 1 atom stereocenters. The first-order valence-corrected chi connectivity index (χ1v) is 25.6. The number of aliphatic hydroxyl groups excluding tert-OH is 2. The van der Waals surface area contributed by atoms with Crippen molar-refractivity contribution in [1.82, 2.24) is 5.32 Å². The second-order valence-electron chi connectivity index (χ2n) is 17.7. The van der Waals surface area contributed by atoms with Gasteiger partial charge in [0.15, 0.2) is 0 Å². The number of hydrogen-bond acceptors (Lipinski definition) is 16. The van der Waals surface area contributed by atoms with E-state index >= 15 is 0 Å². The Morgan fingerprint density at radius 3 is 1.66 bits per heavy atom. The number of anilines is 1. The fraction of sp³-hybridized carbons (Fsp3) is 0.267. The van der Waals surface area contributed by atoms with Crippen molar-refractivity contribution >= 4 is 46.9 Å². The molecule has 82 heavy (non-hydrogen) atoms. The highest BCUT2D eigenvalue weighted by Gasteiger charge is 2.43. The third kappa shape index (κ3) is 15.9. The summed E-state index contributed by atoms with van der Waals surface area (Å²) in [4.78, 5) is 32.3. The van der Waals surface area contributed by atoms with Crippen LogP contribution in [-0.4, -0.2) is 81.5 Å². The molecule has 7 aromatic carbocycles. The molecule has 0 spiro atoms. The zero-order valence-corrected chi connectivity index (χ0v) is 45.7. The molecule has 7 rings (SSSR count). The van der Waals surface area contributed by atoms with Crippen molar-refractivity contribution in [2.24, 2.45) is 20.5 Å². The molecule has 0 fully saturated rings. The van der Waals surface area contributed by atoms with E-state index in [-0.39, 0.29) is 48.3 Å². The summed E-state index contributed by atoms with van der Waals surface area (Å²) < 4.78 is 88.3. The van der Waals surface area contributed by atoms with Crippen LogP contribution in [0.15, 0.2) is 160 Å². The molecule has 0 saturated heterocycles. The van der Waals surface area contributed by atoms with E-state index in [1.165, 1.54) is 43.5 Å². The molecule has 7 aromatic rings. The Morgan fingerprint density at radius 1 is 0.671 bits per heavy atom. The minimum absolute atomic E-state index is 0.00331. The van der Waals surface area contributed by atoms with Gasteiger partial charge >= 0.3 is 5.97 Å². The number of carbonyl (C=O) groups excluding carboxylic acids is 2. The van der Waals surface area contributed by atoms with E-state index < -0.39 is 57.8 Å². The van der Waals surface area contributed by atoms with Crippen molar-refractivity contribution in [1.29, 1.82) is 0 Å². The normalized spacial score (nSPS) is 11.5. The standard InChI is InChI=1S/C32H27F5N6O6.C27H33NO3.CH2O/c1-3-42(14-4-5-26(45)49-32-30(36)28(34)27(33)29(35)31(32)37)21-10-6-19(7-11-21)39-41-24-15-18(17-44)23(16-25(24)48-2)40-38-20-8-12-22(13-9-20)43(46)47;1-4-5-19-28-26(20-29)27(21-9-7-6-8-10-21,22-11-15-24(30-2)16-12-22)23-13-17-25(31-3)18-14-23;1-2/h6-13,15-16,44H,3-5,14,17H2,1-2H3;6-18,26,28-29H,4-5,19-20H2,1-3H3;1H2. The molecule has 0 aromatic heterocycles. The monoisotopic (exact) mass is 1140 g/mol. The summed E-state index contributed by atoms with van der Waals surface area (Å²) in [5, 5.41) is 51.7. The lowest BCUT2D eigenvalue weighted by Gasteiger charge is -2.42. The summed E-state index contributed by atoms with van der Waals surface area (Å²) in [6.07, 6.45) is 1.91. The molecule has 432 valence electrons. The molecule has 0 aliphatic carbocycles. The van der Waals surface area contributed by atoms with Crippen molar-refractivity contribution in [2.75, 3.05) is 52.5 Å². The van der Waals surface area contributed by atoms with Gasteiger partial charge in [-0.1, -0.05) is 67.9 Å². The fourth-order valence-corrected chi connectivity index (χ4v) is 8.70. The molecule has 0 aliphatic rings. The molecular formula is C60H62F5N7O10. The van der Waals surface area contributed by atoms with Crippen LogP contribution in [0.4, 0.5) is 56.1 Å². The summed E-state index contributed by atoms with van der Waals surface area (Å²) in [6.45, 7) is 7.24. The largest absolute Gasteiger partial charge is 0.497 e. The van der Waals surface area contributed by atoms with E-state index in [0.29, 0.717) is 30.0 Å². The van der Waals surface area contributed by atoms with Gasteiger partial charge in [0.2, 0.25) is 34.8 Å². The Morgan fingerprint density at radius 2 is 1.18 bits per heavy atom. The average Bonchev–Trinajstić information content (AvgIpc) is 3.71. The topological polar surface area (TPSA) is 219 Å². The summed E-state index contributed by atoms with van der Waals surface area (Å²) >= 11 is 0. The van der Waals surface area contributed by atoms with E-state index in [1.807, 2.05) is 48.9 Å². The first-order valence-electron chi connectivity index (χ1n) is 25.6. The van der Waals surface area contributed by atoms with E-state index in [2.05, 4.69) is 86.0 Å². The number of benzene rings is 7. The number of methoxy groups -OCH3 is 3. The lowest BCUT2D eigenvalue weighted by Crippen LogP contribution is -2.52. The number of nitrogens with one attached hydrogen (secondary N) is 1. The summed E-state index contributed by atoms with van der Waals surface area (Å²) in [5.74, 6) is -12.2. The maximum atomic E-state index is 13.8. The van der Waals surface area contributed by atoms with Crippen LogP contribution in [0.2, 0.25) is 0 Å². The first kappa shape index (κ1) is 63.8. The number of carbonyl (C=O) groups is 2. The van der Waals surface area contributed by atoms with Crippen LogP contribution in [0.3, 0.4) is 0 Å². The number of halogens is 5. The zero-order valence-electron chi connectivity index (χ0n) is 45.7. The summed E-state index contributed by atoms with van der Waals surface area (Å²) in [7, 11) is 4.76. The number of rotatable bonds is 25. The third-order valence-corrected chi connectivity index (χ3v) is 12.9. The summed E-state index contributed by atoms with van der Waals surface area (Å²) in [6, 6.07) is 41.8. The minimum atomic E-state index is -2.35. The van der Waals surface area contributed by atoms with Gasteiger partial charge < -0.3 is 44.2 Å². The number of nitro groups is 1. The Balaban J connectivity index is 0.000000320. The molecule has 22 heteroatoms. The third-order valence-electron chi connectivity index (χ3n) is 12.9. The molecule has 0 saturated carbocycles. The van der Waals surface area contributed by atoms with E-state index in [4.69, 9.17) is 19.0 Å². The second kappa shape index (κ2) is 31.7. The van der Waals surface area contributed by atoms with Crippen LogP contribution in [0.1, 0.15) is 61.8 Å². The number of ether oxygens (including phenoxy) is 4. The number of nitro benzene ring substituents is 1. The molecular weight excluding hydrogens is 1070 g/mol. The smallest absolute Gasteiger partial charge is 0.311 e. The van der Waals surface area contributed by atoms with Gasteiger partial charge in [0.05, 0.1) is 61.9 Å². The average molecular weight is 1140 g/mol. The zero-order chi connectivity index (χ0) is 59.8. The number of azo groups is 2. The summed E-state index contributed by atoms with van der Waals surface area (Å²) in [5.41, 5.74) is 5.10. The molecule has 0 aliphatic heterocycles. The van der Waals surface area contributed by atoms with Gasteiger partial charge in [-0.05, 0) is 110 Å². The lowest BCUT2D eigenvalue weighted by molar-refractivity contribution is -0.384. The second-order valence-corrected chi connectivity index (χ2v) is 17.7. The van der Waals surface area contributed by atoms with Gasteiger partial charge in [0.25, 0.3) is 5.69 Å². The van der Waals surface area contributed by atoms with Crippen LogP contribution in [0.25, 0.3) is 0 Å². The number of non-ortho nitro benzene ring substituents is 1. The number of nitrogens with zero attached hydrogens (tertiary/aromatic N) is 6. The molecule has 3 N–H and O–H groups in total. The van der Waals surface area contributed by atoms with Crippen LogP contribution in [0, 0.1) is 39.2 Å². The van der Waals surface area contributed by atoms with Crippen molar-refractivity contribution in [2.45, 2.75) is 57.6 Å². The quantitative estimate of drug-likeness (QED) is 0.00465. The number of esters is 1. The van der Waals surface area contributed by atoms with Crippen LogP contribution in [0.5, 0.6) is 23.0 Å².